The molecule has 0 fully saturated rings. The molecule has 0 atom stereocenters. The second-order valence-electron chi connectivity index (χ2n) is 7.81. The topological polar surface area (TPSA) is 85.7 Å². The van der Waals surface area contributed by atoms with Gasteiger partial charge < -0.3 is 19.7 Å². The molecule has 0 unspecified atom stereocenters. The van der Waals surface area contributed by atoms with Gasteiger partial charge in [-0.05, 0) is 36.4 Å². The highest BCUT2D eigenvalue weighted by atomic mass is 19.4. The van der Waals surface area contributed by atoms with Crippen molar-refractivity contribution in [2.45, 2.75) is 19.1 Å². The molecule has 198 valence electrons. The van der Waals surface area contributed by atoms with E-state index in [1.165, 1.54) is 47.2 Å². The average molecular weight is 526 g/mol. The number of likely N-dealkylation sites (N-methyl/N-ethyl adjacent to an activating group) is 1. The zero-order chi connectivity index (χ0) is 27.0. The summed E-state index contributed by atoms with van der Waals surface area (Å²) in [5.74, 6) is -2.87. The predicted molar refractivity (Wildman–Crippen MR) is 122 cm³/mol. The summed E-state index contributed by atoms with van der Waals surface area (Å²) in [6.07, 6.45) is -1.85. The maximum atomic E-state index is 13.5. The highest BCUT2D eigenvalue weighted by Gasteiger charge is 2.30. The largest absolute Gasteiger partial charge is 0.492 e. The molecule has 37 heavy (non-hydrogen) atoms. The molecule has 0 saturated heterocycles. The molecule has 1 aromatic heterocycles. The van der Waals surface area contributed by atoms with Crippen LogP contribution in [0.1, 0.15) is 12.0 Å². The Morgan fingerprint density at radius 1 is 1.03 bits per heavy atom. The number of ether oxygens (including phenoxy) is 2. The smallest absolute Gasteiger partial charge is 0.416 e. The van der Waals surface area contributed by atoms with Gasteiger partial charge in [0.1, 0.15) is 18.9 Å². The number of carbonyl (C=O) groups is 2. The van der Waals surface area contributed by atoms with Gasteiger partial charge in [-0.25, -0.2) is 8.78 Å². The maximum Gasteiger partial charge on any atom is 0.416 e. The van der Waals surface area contributed by atoms with Gasteiger partial charge >= 0.3 is 6.18 Å². The van der Waals surface area contributed by atoms with Crippen LogP contribution in [0, 0.1) is 11.6 Å². The number of amides is 2. The summed E-state index contributed by atoms with van der Waals surface area (Å²) < 4.78 is 76.6. The SMILES string of the molecule is CN(CCOc1ccc(C(F)(F)F)cc1)C(=O)Cn1cc(NC(=O)CCOc2c(F)cccc2F)cn1. The molecule has 3 rings (SSSR count). The third kappa shape index (κ3) is 8.19. The lowest BCUT2D eigenvalue weighted by molar-refractivity contribution is -0.137. The highest BCUT2D eigenvalue weighted by molar-refractivity contribution is 5.90. The van der Waals surface area contributed by atoms with E-state index in [0.717, 1.165) is 24.3 Å². The number of para-hydroxylation sites is 1. The fourth-order valence-electron chi connectivity index (χ4n) is 3.03. The molecule has 8 nitrogen and oxygen atoms in total. The first kappa shape index (κ1) is 27.4. The number of carbonyl (C=O) groups excluding carboxylic acids is 2. The van der Waals surface area contributed by atoms with E-state index in [1.807, 2.05) is 0 Å². The lowest BCUT2D eigenvalue weighted by atomic mass is 10.2. The Kier molecular flexibility index (Phi) is 9.04. The second-order valence-corrected chi connectivity index (χ2v) is 7.81. The molecule has 2 aromatic carbocycles. The Morgan fingerprint density at radius 2 is 1.70 bits per heavy atom. The zero-order valence-electron chi connectivity index (χ0n) is 19.6. The normalized spacial score (nSPS) is 11.2. The summed E-state index contributed by atoms with van der Waals surface area (Å²) in [7, 11) is 1.53. The molecule has 1 heterocycles. The van der Waals surface area contributed by atoms with Crippen LogP contribution < -0.4 is 14.8 Å². The standard InChI is InChI=1S/C24H23F5N4O4/c1-32(10-12-36-18-7-5-16(6-8-18)24(27,28)29)22(35)15-33-14-17(13-30-33)31-21(34)9-11-37-23-19(25)3-2-4-20(23)26/h2-8,13-14H,9-12,15H2,1H3,(H,31,34). The van der Waals surface area contributed by atoms with Crippen LogP contribution in [0.2, 0.25) is 0 Å². The van der Waals surface area contributed by atoms with Crippen molar-refractivity contribution in [2.75, 3.05) is 32.1 Å². The number of rotatable bonds is 11. The van der Waals surface area contributed by atoms with Gasteiger partial charge in [0.05, 0.1) is 37.0 Å². The van der Waals surface area contributed by atoms with Gasteiger partial charge in [0.25, 0.3) is 0 Å². The zero-order valence-corrected chi connectivity index (χ0v) is 19.6. The molecule has 0 aliphatic heterocycles. The first-order chi connectivity index (χ1) is 17.5. The number of anilines is 1. The summed E-state index contributed by atoms with van der Waals surface area (Å²) in [6, 6.07) is 7.50. The van der Waals surface area contributed by atoms with E-state index in [0.29, 0.717) is 5.69 Å². The van der Waals surface area contributed by atoms with Crippen molar-refractivity contribution in [3.63, 3.8) is 0 Å². The number of hydrogen-bond acceptors (Lipinski definition) is 5. The minimum absolute atomic E-state index is 0.0624. The van der Waals surface area contributed by atoms with Crippen molar-refractivity contribution in [1.82, 2.24) is 14.7 Å². The highest BCUT2D eigenvalue weighted by Crippen LogP contribution is 2.30. The van der Waals surface area contributed by atoms with Gasteiger partial charge in [0, 0.05) is 13.2 Å². The summed E-state index contributed by atoms with van der Waals surface area (Å²) in [5.41, 5.74) is -0.476. The number of halogens is 5. The van der Waals surface area contributed by atoms with E-state index in [1.54, 1.807) is 0 Å². The second kappa shape index (κ2) is 12.2. The van der Waals surface area contributed by atoms with Crippen molar-refractivity contribution in [3.05, 3.63) is 72.1 Å². The molecule has 0 saturated carbocycles. The van der Waals surface area contributed by atoms with E-state index in [-0.39, 0.29) is 44.4 Å². The van der Waals surface area contributed by atoms with Crippen molar-refractivity contribution in [2.24, 2.45) is 0 Å². The molecule has 1 N–H and O–H groups in total. The first-order valence-corrected chi connectivity index (χ1v) is 11.0. The van der Waals surface area contributed by atoms with Crippen LogP contribution >= 0.6 is 0 Å². The van der Waals surface area contributed by atoms with Crippen molar-refractivity contribution in [3.8, 4) is 11.5 Å². The van der Waals surface area contributed by atoms with Crippen LogP contribution in [-0.2, 0) is 22.3 Å². The summed E-state index contributed by atoms with van der Waals surface area (Å²) >= 11 is 0. The average Bonchev–Trinajstić information content (AvgIpc) is 3.27. The van der Waals surface area contributed by atoms with Gasteiger partial charge in [-0.2, -0.15) is 18.3 Å². The molecule has 0 bridgehead atoms. The molecule has 0 aliphatic carbocycles. The molecule has 13 heteroatoms. The number of nitrogens with one attached hydrogen (secondary N) is 1. The summed E-state index contributed by atoms with van der Waals surface area (Å²) in [5, 5.41) is 6.54. The summed E-state index contributed by atoms with van der Waals surface area (Å²) in [4.78, 5) is 25.8. The van der Waals surface area contributed by atoms with Crippen molar-refractivity contribution in [1.29, 1.82) is 0 Å². The lowest BCUT2D eigenvalue weighted by Gasteiger charge is -2.17. The molecular formula is C24H23F5N4O4. The maximum absolute atomic E-state index is 13.5. The quantitative estimate of drug-likeness (QED) is 0.380. The number of nitrogens with zero attached hydrogens (tertiary/aromatic N) is 3. The van der Waals surface area contributed by atoms with Crippen LogP contribution in [-0.4, -0.2) is 53.3 Å². The Morgan fingerprint density at radius 3 is 2.35 bits per heavy atom. The van der Waals surface area contributed by atoms with E-state index in [9.17, 15) is 31.5 Å². The molecule has 0 aliphatic rings. The van der Waals surface area contributed by atoms with Crippen LogP contribution in [0.15, 0.2) is 54.9 Å². The Balaban J connectivity index is 1.38. The van der Waals surface area contributed by atoms with Gasteiger partial charge in [0.2, 0.25) is 11.8 Å². The Labute approximate surface area is 208 Å². The van der Waals surface area contributed by atoms with E-state index in [2.05, 4.69) is 10.4 Å². The van der Waals surface area contributed by atoms with Gasteiger partial charge in [0.15, 0.2) is 17.4 Å². The molecular weight excluding hydrogens is 503 g/mol. The number of aromatic nitrogens is 2. The van der Waals surface area contributed by atoms with Gasteiger partial charge in [-0.3, -0.25) is 14.3 Å². The van der Waals surface area contributed by atoms with Gasteiger partial charge in [-0.15, -0.1) is 0 Å². The minimum Gasteiger partial charge on any atom is -0.492 e. The summed E-state index contributed by atoms with van der Waals surface area (Å²) in [6.45, 7) is -0.155. The van der Waals surface area contributed by atoms with Crippen LogP contribution in [0.25, 0.3) is 0 Å². The first-order valence-electron chi connectivity index (χ1n) is 11.0. The van der Waals surface area contributed by atoms with Crippen molar-refractivity contribution < 1.29 is 41.0 Å². The fraction of sp³-hybridized carbons (Fsp3) is 0.292. The molecule has 0 spiro atoms. The van der Waals surface area contributed by atoms with E-state index >= 15 is 0 Å². The molecule has 3 aromatic rings. The minimum atomic E-state index is -4.43. The number of hydrogen-bond donors (Lipinski definition) is 1. The number of alkyl halides is 3. The fourth-order valence-corrected chi connectivity index (χ4v) is 3.03. The monoisotopic (exact) mass is 526 g/mol. The predicted octanol–water partition coefficient (Wildman–Crippen LogP) is 4.13. The van der Waals surface area contributed by atoms with E-state index in [4.69, 9.17) is 9.47 Å². The Hall–Kier alpha value is -4.16. The van der Waals surface area contributed by atoms with Crippen LogP contribution in [0.5, 0.6) is 11.5 Å². The molecule has 0 radical (unpaired) electrons. The Bertz CT molecular complexity index is 1190. The number of benzene rings is 2. The lowest BCUT2D eigenvalue weighted by Crippen LogP contribution is -2.33. The molecule has 2 amide bonds. The van der Waals surface area contributed by atoms with Crippen molar-refractivity contribution >= 4 is 17.5 Å². The van der Waals surface area contributed by atoms with E-state index < -0.39 is 35.0 Å². The third-order valence-electron chi connectivity index (χ3n) is 5.01. The third-order valence-corrected chi connectivity index (χ3v) is 5.01. The van der Waals surface area contributed by atoms with Crippen LogP contribution in [0.4, 0.5) is 27.6 Å². The van der Waals surface area contributed by atoms with Crippen LogP contribution in [0.3, 0.4) is 0 Å². The van der Waals surface area contributed by atoms with Gasteiger partial charge in [-0.1, -0.05) is 6.07 Å².